The second-order valence-electron chi connectivity index (χ2n) is 4.79. The van der Waals surface area contributed by atoms with Crippen molar-refractivity contribution in [3.8, 4) is 5.75 Å². The van der Waals surface area contributed by atoms with Crippen LogP contribution in [-0.2, 0) is 0 Å². The van der Waals surface area contributed by atoms with Crippen LogP contribution in [0.25, 0.3) is 0 Å². The van der Waals surface area contributed by atoms with E-state index in [0.29, 0.717) is 17.1 Å². The van der Waals surface area contributed by atoms with Crippen LogP contribution in [0.4, 0.5) is 0 Å². The van der Waals surface area contributed by atoms with E-state index in [4.69, 9.17) is 16.3 Å². The van der Waals surface area contributed by atoms with Crippen LogP contribution in [0.5, 0.6) is 5.75 Å². The van der Waals surface area contributed by atoms with Crippen molar-refractivity contribution in [2.75, 3.05) is 6.61 Å². The van der Waals surface area contributed by atoms with Gasteiger partial charge in [-0.2, -0.15) is 0 Å². The summed E-state index contributed by atoms with van der Waals surface area (Å²) in [5, 5.41) is 4.39. The fourth-order valence-electron chi connectivity index (χ4n) is 2.32. The standard InChI is InChI=1S/C13H15BrClNO/c14-8-6-10-12(16-9-3-4-9)2-1-5-17-13(10)11(15)7-8/h6-7,9,12,16H,1-5H2. The number of rotatable bonds is 2. The molecule has 0 saturated heterocycles. The van der Waals surface area contributed by atoms with E-state index < -0.39 is 0 Å². The van der Waals surface area contributed by atoms with Crippen molar-refractivity contribution >= 4 is 27.5 Å². The highest BCUT2D eigenvalue weighted by atomic mass is 79.9. The molecule has 0 bridgehead atoms. The first-order valence-corrected chi connectivity index (χ1v) is 7.29. The Hall–Kier alpha value is -0.250. The summed E-state index contributed by atoms with van der Waals surface area (Å²) in [6.45, 7) is 0.761. The SMILES string of the molecule is Clc1cc(Br)cc2c1OCCCC2NC1CC1. The number of hydrogen-bond donors (Lipinski definition) is 1. The van der Waals surface area contributed by atoms with Crippen LogP contribution in [0.15, 0.2) is 16.6 Å². The van der Waals surface area contributed by atoms with Gasteiger partial charge in [0.05, 0.1) is 11.6 Å². The minimum atomic E-state index is 0.384. The van der Waals surface area contributed by atoms with Gasteiger partial charge in [-0.3, -0.25) is 0 Å². The Balaban J connectivity index is 1.97. The maximum atomic E-state index is 6.25. The third kappa shape index (κ3) is 2.61. The smallest absolute Gasteiger partial charge is 0.142 e. The zero-order chi connectivity index (χ0) is 11.8. The van der Waals surface area contributed by atoms with E-state index in [0.717, 1.165) is 29.7 Å². The lowest BCUT2D eigenvalue weighted by Crippen LogP contribution is -2.23. The lowest BCUT2D eigenvalue weighted by Gasteiger charge is -2.19. The summed E-state index contributed by atoms with van der Waals surface area (Å²) in [7, 11) is 0. The molecule has 2 aliphatic rings. The molecule has 92 valence electrons. The summed E-state index contributed by atoms with van der Waals surface area (Å²) in [5.41, 5.74) is 1.20. The molecule has 0 aromatic heterocycles. The van der Waals surface area contributed by atoms with Gasteiger partial charge in [0.2, 0.25) is 0 Å². The zero-order valence-electron chi connectivity index (χ0n) is 9.51. The van der Waals surface area contributed by atoms with Crippen LogP contribution < -0.4 is 10.1 Å². The number of nitrogens with one attached hydrogen (secondary N) is 1. The largest absolute Gasteiger partial charge is 0.492 e. The first kappa shape index (κ1) is 11.8. The minimum absolute atomic E-state index is 0.384. The molecule has 1 N–H and O–H groups in total. The van der Waals surface area contributed by atoms with E-state index in [2.05, 4.69) is 27.3 Å². The lowest BCUT2D eigenvalue weighted by atomic mass is 10.0. The van der Waals surface area contributed by atoms with Crippen LogP contribution in [0.1, 0.15) is 37.3 Å². The zero-order valence-corrected chi connectivity index (χ0v) is 11.9. The molecule has 0 spiro atoms. The Kier molecular flexibility index (Phi) is 3.33. The van der Waals surface area contributed by atoms with Gasteiger partial charge in [-0.15, -0.1) is 0 Å². The topological polar surface area (TPSA) is 21.3 Å². The first-order valence-electron chi connectivity index (χ1n) is 6.12. The Morgan fingerprint density at radius 1 is 1.29 bits per heavy atom. The van der Waals surface area contributed by atoms with Gasteiger partial charge in [0.15, 0.2) is 0 Å². The Morgan fingerprint density at radius 3 is 2.88 bits per heavy atom. The number of fused-ring (bicyclic) bond motifs is 1. The van der Waals surface area contributed by atoms with Gasteiger partial charge in [0.25, 0.3) is 0 Å². The number of hydrogen-bond acceptors (Lipinski definition) is 2. The Labute approximate surface area is 115 Å². The maximum Gasteiger partial charge on any atom is 0.142 e. The van der Waals surface area contributed by atoms with Gasteiger partial charge in [-0.25, -0.2) is 0 Å². The van der Waals surface area contributed by atoms with Crippen molar-refractivity contribution in [3.63, 3.8) is 0 Å². The van der Waals surface area contributed by atoms with E-state index >= 15 is 0 Å². The molecule has 1 heterocycles. The Bertz CT molecular complexity index is 434. The predicted octanol–water partition coefficient (Wildman–Crippen LogP) is 4.07. The van der Waals surface area contributed by atoms with Gasteiger partial charge in [0.1, 0.15) is 5.75 Å². The van der Waals surface area contributed by atoms with Crippen molar-refractivity contribution in [2.45, 2.75) is 37.8 Å². The third-order valence-electron chi connectivity index (χ3n) is 3.31. The summed E-state index contributed by atoms with van der Waals surface area (Å²) >= 11 is 9.76. The quantitative estimate of drug-likeness (QED) is 0.888. The second-order valence-corrected chi connectivity index (χ2v) is 6.11. The van der Waals surface area contributed by atoms with Gasteiger partial charge in [0, 0.05) is 22.1 Å². The van der Waals surface area contributed by atoms with Crippen LogP contribution in [0, 0.1) is 0 Å². The molecule has 4 heteroatoms. The normalized spacial score (nSPS) is 23.8. The molecule has 2 nitrogen and oxygen atoms in total. The summed E-state index contributed by atoms with van der Waals surface area (Å²) in [5.74, 6) is 0.866. The van der Waals surface area contributed by atoms with Gasteiger partial charge < -0.3 is 10.1 Å². The van der Waals surface area contributed by atoms with Gasteiger partial charge in [-0.05, 0) is 37.8 Å². The predicted molar refractivity (Wildman–Crippen MR) is 72.8 cm³/mol. The molecule has 1 aliphatic carbocycles. The number of halogens is 2. The molecule has 0 amide bonds. The van der Waals surface area contributed by atoms with E-state index in [-0.39, 0.29) is 0 Å². The molecule has 17 heavy (non-hydrogen) atoms. The second kappa shape index (κ2) is 4.79. The highest BCUT2D eigenvalue weighted by Crippen LogP contribution is 2.40. The summed E-state index contributed by atoms with van der Waals surface area (Å²) in [6.07, 6.45) is 4.80. The van der Waals surface area contributed by atoms with Crippen LogP contribution >= 0.6 is 27.5 Å². The van der Waals surface area contributed by atoms with Crippen LogP contribution in [-0.4, -0.2) is 12.6 Å². The molecule has 1 saturated carbocycles. The molecule has 1 unspecified atom stereocenters. The van der Waals surface area contributed by atoms with Gasteiger partial charge >= 0.3 is 0 Å². The van der Waals surface area contributed by atoms with E-state index in [1.807, 2.05) is 6.07 Å². The number of benzene rings is 1. The number of ether oxygens (including phenoxy) is 1. The molecule has 1 atom stereocenters. The fraction of sp³-hybridized carbons (Fsp3) is 0.538. The molecular weight excluding hydrogens is 302 g/mol. The van der Waals surface area contributed by atoms with E-state index in [1.54, 1.807) is 0 Å². The minimum Gasteiger partial charge on any atom is -0.492 e. The van der Waals surface area contributed by atoms with Crippen molar-refractivity contribution in [1.29, 1.82) is 0 Å². The highest BCUT2D eigenvalue weighted by Gasteiger charge is 2.29. The average Bonchev–Trinajstić information content (AvgIpc) is 3.08. The van der Waals surface area contributed by atoms with Crippen molar-refractivity contribution in [2.24, 2.45) is 0 Å². The highest BCUT2D eigenvalue weighted by molar-refractivity contribution is 9.10. The third-order valence-corrected chi connectivity index (χ3v) is 4.05. The molecule has 1 aliphatic heterocycles. The summed E-state index contributed by atoms with van der Waals surface area (Å²) in [4.78, 5) is 0. The molecule has 1 aromatic carbocycles. The van der Waals surface area contributed by atoms with Crippen molar-refractivity contribution in [3.05, 3.63) is 27.2 Å². The van der Waals surface area contributed by atoms with Crippen molar-refractivity contribution < 1.29 is 4.74 Å². The first-order chi connectivity index (χ1) is 8.24. The maximum absolute atomic E-state index is 6.25. The summed E-state index contributed by atoms with van der Waals surface area (Å²) in [6, 6.07) is 5.12. The Morgan fingerprint density at radius 2 is 2.12 bits per heavy atom. The van der Waals surface area contributed by atoms with Crippen LogP contribution in [0.2, 0.25) is 5.02 Å². The average molecular weight is 317 g/mol. The summed E-state index contributed by atoms with van der Waals surface area (Å²) < 4.78 is 6.80. The fourth-order valence-corrected chi connectivity index (χ4v) is 3.20. The van der Waals surface area contributed by atoms with E-state index in [9.17, 15) is 0 Å². The van der Waals surface area contributed by atoms with Gasteiger partial charge in [-0.1, -0.05) is 27.5 Å². The molecule has 0 radical (unpaired) electrons. The molecule has 3 rings (SSSR count). The molecule has 1 fully saturated rings. The molecular formula is C13H15BrClNO. The lowest BCUT2D eigenvalue weighted by molar-refractivity contribution is 0.315. The molecule has 1 aromatic rings. The van der Waals surface area contributed by atoms with Crippen LogP contribution in [0.3, 0.4) is 0 Å². The van der Waals surface area contributed by atoms with Crippen molar-refractivity contribution in [1.82, 2.24) is 5.32 Å². The monoisotopic (exact) mass is 315 g/mol. The van der Waals surface area contributed by atoms with E-state index in [1.165, 1.54) is 18.4 Å².